The highest BCUT2D eigenvalue weighted by atomic mass is 32.2. The average Bonchev–Trinajstić information content (AvgIpc) is 2.77. The van der Waals surface area contributed by atoms with Crippen molar-refractivity contribution in [3.05, 3.63) is 119 Å². The summed E-state index contributed by atoms with van der Waals surface area (Å²) in [7, 11) is -3.54. The molecule has 0 N–H and O–H groups in total. The molecule has 0 aromatic heterocycles. The van der Waals surface area contributed by atoms with Crippen LogP contribution < -0.4 is 0 Å². The summed E-state index contributed by atoms with van der Waals surface area (Å²) in [4.78, 5) is 0.333. The molecule has 0 amide bonds. The summed E-state index contributed by atoms with van der Waals surface area (Å²) in [5, 5.41) is 0. The van der Waals surface area contributed by atoms with Crippen LogP contribution in [-0.4, -0.2) is 25.8 Å². The number of sulfonamides is 1. The summed E-state index contributed by atoms with van der Waals surface area (Å²) < 4.78 is 27.8. The van der Waals surface area contributed by atoms with Gasteiger partial charge in [-0.1, -0.05) is 84.9 Å². The summed E-state index contributed by atoms with van der Waals surface area (Å²) in [5.74, 6) is 0. The van der Waals surface area contributed by atoms with E-state index in [1.54, 1.807) is 12.1 Å². The minimum Gasteiger partial charge on any atom is -0.207 e. The molecular formula is C26H25NO2S. The second kappa shape index (κ2) is 8.42. The first kappa shape index (κ1) is 20.3. The van der Waals surface area contributed by atoms with Crippen molar-refractivity contribution in [3.63, 3.8) is 0 Å². The Morgan fingerprint density at radius 3 is 1.87 bits per heavy atom. The van der Waals surface area contributed by atoms with E-state index in [4.69, 9.17) is 0 Å². The van der Waals surface area contributed by atoms with Gasteiger partial charge >= 0.3 is 0 Å². The quantitative estimate of drug-likeness (QED) is 0.568. The first-order valence-corrected chi connectivity index (χ1v) is 11.5. The van der Waals surface area contributed by atoms with Gasteiger partial charge in [-0.3, -0.25) is 0 Å². The van der Waals surface area contributed by atoms with Crippen LogP contribution in [0.4, 0.5) is 0 Å². The van der Waals surface area contributed by atoms with Gasteiger partial charge in [-0.05, 0) is 53.3 Å². The van der Waals surface area contributed by atoms with Crippen LogP contribution in [0, 0.1) is 6.92 Å². The molecule has 0 radical (unpaired) electrons. The van der Waals surface area contributed by atoms with Gasteiger partial charge in [0, 0.05) is 13.1 Å². The summed E-state index contributed by atoms with van der Waals surface area (Å²) in [6, 6.07) is 27.5. The maximum Gasteiger partial charge on any atom is 0.243 e. The molecule has 0 saturated carbocycles. The molecule has 0 atom stereocenters. The minimum atomic E-state index is -3.54. The maximum absolute atomic E-state index is 13.1. The molecule has 4 rings (SSSR count). The third-order valence-electron chi connectivity index (χ3n) is 5.49. The molecule has 0 aliphatic carbocycles. The van der Waals surface area contributed by atoms with Crippen molar-refractivity contribution in [1.82, 2.24) is 4.31 Å². The number of piperidine rings is 1. The third-order valence-corrected chi connectivity index (χ3v) is 7.35. The Labute approximate surface area is 179 Å². The largest absolute Gasteiger partial charge is 0.243 e. The van der Waals surface area contributed by atoms with E-state index < -0.39 is 10.0 Å². The smallest absolute Gasteiger partial charge is 0.207 e. The topological polar surface area (TPSA) is 37.4 Å². The Morgan fingerprint density at radius 2 is 1.37 bits per heavy atom. The molecule has 3 aromatic rings. The molecule has 1 saturated heterocycles. The van der Waals surface area contributed by atoms with Crippen molar-refractivity contribution in [2.75, 3.05) is 13.1 Å². The van der Waals surface area contributed by atoms with E-state index in [1.807, 2.05) is 55.5 Å². The van der Waals surface area contributed by atoms with Crippen LogP contribution in [0.3, 0.4) is 0 Å². The summed E-state index contributed by atoms with van der Waals surface area (Å²) in [6.45, 7) is 6.96. The molecule has 1 fully saturated rings. The van der Waals surface area contributed by atoms with Crippen molar-refractivity contribution >= 4 is 15.6 Å². The van der Waals surface area contributed by atoms with Crippen LogP contribution in [-0.2, 0) is 10.0 Å². The number of hydrogen-bond donors (Lipinski definition) is 0. The van der Waals surface area contributed by atoms with Crippen molar-refractivity contribution in [1.29, 1.82) is 0 Å². The minimum absolute atomic E-state index is 0.300. The van der Waals surface area contributed by atoms with Crippen molar-refractivity contribution in [2.24, 2.45) is 0 Å². The van der Waals surface area contributed by atoms with E-state index in [0.29, 0.717) is 24.4 Å². The number of aryl methyl sites for hydroxylation is 1. The van der Waals surface area contributed by atoms with Gasteiger partial charge in [-0.2, -0.15) is 4.31 Å². The van der Waals surface area contributed by atoms with Crippen LogP contribution in [0.25, 0.3) is 5.57 Å². The predicted molar refractivity (Wildman–Crippen MR) is 123 cm³/mol. The SMILES string of the molecule is C=C1CN(S(=O)(=O)c2ccc(C)cc2)CCC1=C(c1ccccc1)c1ccccc1. The standard InChI is InChI=1S/C26H25NO2S/c1-20-13-15-24(16-14-20)30(28,29)27-18-17-25(21(2)19-27)26(22-9-5-3-6-10-22)23-11-7-4-8-12-23/h3-16H,2,17-19H2,1H3. The van der Waals surface area contributed by atoms with Gasteiger partial charge in [-0.15, -0.1) is 0 Å². The van der Waals surface area contributed by atoms with E-state index in [2.05, 4.69) is 30.8 Å². The van der Waals surface area contributed by atoms with Gasteiger partial charge in [0.05, 0.1) is 4.90 Å². The highest BCUT2D eigenvalue weighted by molar-refractivity contribution is 7.89. The number of nitrogens with zero attached hydrogens (tertiary/aromatic N) is 1. The van der Waals surface area contributed by atoms with E-state index in [9.17, 15) is 8.42 Å². The van der Waals surface area contributed by atoms with Gasteiger partial charge < -0.3 is 0 Å². The fourth-order valence-electron chi connectivity index (χ4n) is 3.89. The Kier molecular flexibility index (Phi) is 5.71. The maximum atomic E-state index is 13.1. The molecule has 3 nitrogen and oxygen atoms in total. The first-order valence-electron chi connectivity index (χ1n) is 10.1. The summed E-state index contributed by atoms with van der Waals surface area (Å²) in [6.07, 6.45) is 0.628. The van der Waals surface area contributed by atoms with E-state index in [-0.39, 0.29) is 0 Å². The van der Waals surface area contributed by atoms with Gasteiger partial charge in [0.1, 0.15) is 0 Å². The van der Waals surface area contributed by atoms with Gasteiger partial charge in [0.2, 0.25) is 10.0 Å². The molecule has 152 valence electrons. The van der Waals surface area contributed by atoms with E-state index in [0.717, 1.165) is 33.4 Å². The Balaban J connectivity index is 1.71. The highest BCUT2D eigenvalue weighted by Crippen LogP contribution is 2.35. The average molecular weight is 416 g/mol. The normalized spacial score (nSPS) is 15.2. The zero-order chi connectivity index (χ0) is 21.1. The lowest BCUT2D eigenvalue weighted by molar-refractivity contribution is 0.422. The summed E-state index contributed by atoms with van der Waals surface area (Å²) >= 11 is 0. The van der Waals surface area contributed by atoms with Crippen LogP contribution in [0.2, 0.25) is 0 Å². The van der Waals surface area contributed by atoms with E-state index >= 15 is 0 Å². The second-order valence-electron chi connectivity index (χ2n) is 7.59. The number of hydrogen-bond acceptors (Lipinski definition) is 2. The van der Waals surface area contributed by atoms with Crippen molar-refractivity contribution in [3.8, 4) is 0 Å². The third kappa shape index (κ3) is 4.02. The van der Waals surface area contributed by atoms with Gasteiger partial charge in [0.25, 0.3) is 0 Å². The molecular weight excluding hydrogens is 390 g/mol. The van der Waals surface area contributed by atoms with Gasteiger partial charge in [-0.25, -0.2) is 8.42 Å². The monoisotopic (exact) mass is 415 g/mol. The zero-order valence-electron chi connectivity index (χ0n) is 17.1. The van der Waals surface area contributed by atoms with Crippen molar-refractivity contribution < 1.29 is 8.42 Å². The van der Waals surface area contributed by atoms with Crippen LogP contribution in [0.15, 0.2) is 108 Å². The van der Waals surface area contributed by atoms with Crippen molar-refractivity contribution in [2.45, 2.75) is 18.2 Å². The molecule has 1 aliphatic rings. The summed E-state index contributed by atoms with van der Waals surface area (Å²) in [5.41, 5.74) is 6.39. The Bertz CT molecular complexity index is 1140. The number of rotatable bonds is 4. The lowest BCUT2D eigenvalue weighted by Crippen LogP contribution is -2.37. The first-order chi connectivity index (χ1) is 14.5. The fourth-order valence-corrected chi connectivity index (χ4v) is 5.33. The molecule has 30 heavy (non-hydrogen) atoms. The van der Waals surface area contributed by atoms with Crippen LogP contribution in [0.5, 0.6) is 0 Å². The molecule has 0 unspecified atom stereocenters. The highest BCUT2D eigenvalue weighted by Gasteiger charge is 2.30. The van der Waals surface area contributed by atoms with E-state index in [1.165, 1.54) is 4.31 Å². The Hall–Kier alpha value is -2.95. The number of benzene rings is 3. The zero-order valence-corrected chi connectivity index (χ0v) is 17.9. The lowest BCUT2D eigenvalue weighted by atomic mass is 9.87. The lowest BCUT2D eigenvalue weighted by Gasteiger charge is -2.31. The molecule has 3 aromatic carbocycles. The van der Waals surface area contributed by atoms with Crippen LogP contribution in [0.1, 0.15) is 23.1 Å². The Morgan fingerprint density at radius 1 is 0.833 bits per heavy atom. The molecule has 1 aliphatic heterocycles. The molecule has 0 spiro atoms. The van der Waals surface area contributed by atoms with Crippen LogP contribution >= 0.6 is 0 Å². The second-order valence-corrected chi connectivity index (χ2v) is 9.53. The molecule has 4 heteroatoms. The predicted octanol–water partition coefficient (Wildman–Crippen LogP) is 5.45. The molecule has 0 bridgehead atoms. The van der Waals surface area contributed by atoms with Gasteiger partial charge in [0.15, 0.2) is 0 Å². The molecule has 1 heterocycles. The fraction of sp³-hybridized carbons (Fsp3) is 0.154.